The molecule has 0 radical (unpaired) electrons. The summed E-state index contributed by atoms with van der Waals surface area (Å²) >= 11 is 0. The molecule has 2 saturated heterocycles. The van der Waals surface area contributed by atoms with Gasteiger partial charge in [0.25, 0.3) is 0 Å². The van der Waals surface area contributed by atoms with Crippen molar-refractivity contribution >= 4 is 0 Å². The van der Waals surface area contributed by atoms with Gasteiger partial charge in [-0.3, -0.25) is 4.90 Å². The van der Waals surface area contributed by atoms with Crippen LogP contribution in [0.1, 0.15) is 47.5 Å². The van der Waals surface area contributed by atoms with Gasteiger partial charge in [0, 0.05) is 23.9 Å². The first kappa shape index (κ1) is 12.3. The van der Waals surface area contributed by atoms with Gasteiger partial charge in [-0.05, 0) is 41.7 Å². The first-order valence-electron chi connectivity index (χ1n) is 6.23. The predicted octanol–water partition coefficient (Wildman–Crippen LogP) is 2.40. The summed E-state index contributed by atoms with van der Waals surface area (Å²) in [5.74, 6) is -0.348. The summed E-state index contributed by atoms with van der Waals surface area (Å²) in [5, 5.41) is 0. The molecule has 3 heteroatoms. The summed E-state index contributed by atoms with van der Waals surface area (Å²) in [5.41, 5.74) is 0.234. The molecule has 3 nitrogen and oxygen atoms in total. The summed E-state index contributed by atoms with van der Waals surface area (Å²) in [6, 6.07) is 0. The molecule has 16 heavy (non-hydrogen) atoms. The molecule has 0 amide bonds. The quantitative estimate of drug-likeness (QED) is 0.634. The predicted molar refractivity (Wildman–Crippen MR) is 64.4 cm³/mol. The fourth-order valence-electron chi connectivity index (χ4n) is 3.33. The van der Waals surface area contributed by atoms with Crippen LogP contribution in [-0.4, -0.2) is 41.5 Å². The molecule has 2 fully saturated rings. The molecule has 0 aromatic rings. The highest BCUT2D eigenvalue weighted by molar-refractivity contribution is 5.03. The number of nitrogens with zero attached hydrogens (tertiary/aromatic N) is 1. The highest BCUT2D eigenvalue weighted by atomic mass is 16.7. The third-order valence-corrected chi connectivity index (χ3v) is 4.22. The Bertz CT molecular complexity index is 268. The lowest BCUT2D eigenvalue weighted by molar-refractivity contribution is -0.240. The minimum absolute atomic E-state index is 0.117. The smallest absolute Gasteiger partial charge is 0.172 e. The van der Waals surface area contributed by atoms with Gasteiger partial charge in [0.1, 0.15) is 0 Å². The highest BCUT2D eigenvalue weighted by Crippen LogP contribution is 2.47. The van der Waals surface area contributed by atoms with Crippen molar-refractivity contribution < 1.29 is 9.47 Å². The molecule has 94 valence electrons. The zero-order valence-corrected chi connectivity index (χ0v) is 11.5. The fourth-order valence-corrected chi connectivity index (χ4v) is 3.33. The van der Waals surface area contributed by atoms with Crippen molar-refractivity contribution in [2.24, 2.45) is 0 Å². The van der Waals surface area contributed by atoms with Crippen molar-refractivity contribution in [1.29, 1.82) is 0 Å². The Hall–Kier alpha value is -0.120. The van der Waals surface area contributed by atoms with E-state index in [1.165, 1.54) is 0 Å². The number of likely N-dealkylation sites (tertiary alicyclic amines) is 1. The summed E-state index contributed by atoms with van der Waals surface area (Å²) in [4.78, 5) is 2.45. The summed E-state index contributed by atoms with van der Waals surface area (Å²) < 4.78 is 12.0. The van der Waals surface area contributed by atoms with Crippen LogP contribution in [0.25, 0.3) is 0 Å². The summed E-state index contributed by atoms with van der Waals surface area (Å²) in [6.45, 7) is 11.9. The van der Waals surface area contributed by atoms with E-state index in [0.717, 1.165) is 19.4 Å². The van der Waals surface area contributed by atoms with Crippen LogP contribution in [-0.2, 0) is 9.47 Å². The number of piperidine rings is 1. The van der Waals surface area contributed by atoms with E-state index < -0.39 is 0 Å². The number of hydrogen-bond acceptors (Lipinski definition) is 3. The van der Waals surface area contributed by atoms with E-state index in [2.05, 4.69) is 46.6 Å². The maximum atomic E-state index is 6.06. The highest BCUT2D eigenvalue weighted by Gasteiger charge is 2.54. The Morgan fingerprint density at radius 2 is 1.56 bits per heavy atom. The monoisotopic (exact) mass is 227 g/mol. The molecule has 0 bridgehead atoms. The Kier molecular flexibility index (Phi) is 2.65. The van der Waals surface area contributed by atoms with E-state index in [0.29, 0.717) is 0 Å². The maximum Gasteiger partial charge on any atom is 0.172 e. The van der Waals surface area contributed by atoms with E-state index in [4.69, 9.17) is 9.47 Å². The molecule has 0 aromatic heterocycles. The van der Waals surface area contributed by atoms with E-state index in [1.54, 1.807) is 0 Å². The summed E-state index contributed by atoms with van der Waals surface area (Å²) in [7, 11) is 2.20. The van der Waals surface area contributed by atoms with Crippen LogP contribution in [0.15, 0.2) is 0 Å². The van der Waals surface area contributed by atoms with Crippen LogP contribution < -0.4 is 0 Å². The lowest BCUT2D eigenvalue weighted by atomic mass is 9.76. The van der Waals surface area contributed by atoms with E-state index in [1.807, 2.05) is 0 Å². The molecule has 1 atom stereocenters. The second kappa shape index (κ2) is 3.44. The van der Waals surface area contributed by atoms with E-state index in [-0.39, 0.29) is 23.0 Å². The van der Waals surface area contributed by atoms with Gasteiger partial charge >= 0.3 is 0 Å². The van der Waals surface area contributed by atoms with Crippen molar-refractivity contribution in [1.82, 2.24) is 4.90 Å². The molecule has 0 aromatic carbocycles. The molecule has 0 N–H and O–H groups in total. The van der Waals surface area contributed by atoms with Crippen LogP contribution >= 0.6 is 0 Å². The normalized spacial score (nSPS) is 36.8. The fraction of sp³-hybridized carbons (Fsp3) is 1.00. The molecular formula is C13H25NO2. The first-order valence-corrected chi connectivity index (χ1v) is 6.23. The van der Waals surface area contributed by atoms with Gasteiger partial charge in [-0.25, -0.2) is 0 Å². The van der Waals surface area contributed by atoms with Crippen LogP contribution in [0.4, 0.5) is 0 Å². The number of rotatable bonds is 0. The SMILES string of the molecule is CC1COC2(CC(C)(C)N(C)C(C)(C)C2)O1. The molecule has 2 aliphatic heterocycles. The Labute approximate surface area is 99.1 Å². The van der Waals surface area contributed by atoms with Gasteiger partial charge in [0.2, 0.25) is 0 Å². The first-order chi connectivity index (χ1) is 7.17. The van der Waals surface area contributed by atoms with Gasteiger partial charge in [-0.1, -0.05) is 0 Å². The molecule has 2 aliphatic rings. The Balaban J connectivity index is 2.26. The topological polar surface area (TPSA) is 21.7 Å². The lowest BCUT2D eigenvalue weighted by Gasteiger charge is -2.56. The number of hydrogen-bond donors (Lipinski definition) is 0. The zero-order chi connectivity index (χ0) is 12.2. The minimum Gasteiger partial charge on any atom is -0.347 e. The second-order valence-electron chi connectivity index (χ2n) is 6.69. The molecule has 2 rings (SSSR count). The summed E-state index contributed by atoms with van der Waals surface area (Å²) in [6.07, 6.45) is 2.13. The average Bonchev–Trinajstić information content (AvgIpc) is 2.41. The third kappa shape index (κ3) is 1.89. The van der Waals surface area contributed by atoms with Crippen molar-refractivity contribution in [2.45, 2.75) is 70.4 Å². The number of ether oxygens (including phenoxy) is 2. The van der Waals surface area contributed by atoms with Crippen LogP contribution in [0.5, 0.6) is 0 Å². The third-order valence-electron chi connectivity index (χ3n) is 4.22. The largest absolute Gasteiger partial charge is 0.347 e. The Morgan fingerprint density at radius 1 is 1.06 bits per heavy atom. The lowest BCUT2D eigenvalue weighted by Crippen LogP contribution is -2.64. The Morgan fingerprint density at radius 3 is 1.94 bits per heavy atom. The molecule has 2 heterocycles. The van der Waals surface area contributed by atoms with Crippen LogP contribution in [0.3, 0.4) is 0 Å². The zero-order valence-electron chi connectivity index (χ0n) is 11.5. The van der Waals surface area contributed by atoms with E-state index >= 15 is 0 Å². The van der Waals surface area contributed by atoms with Gasteiger partial charge < -0.3 is 9.47 Å². The van der Waals surface area contributed by atoms with Crippen molar-refractivity contribution in [3.63, 3.8) is 0 Å². The van der Waals surface area contributed by atoms with Crippen molar-refractivity contribution in [3.05, 3.63) is 0 Å². The van der Waals surface area contributed by atoms with Crippen molar-refractivity contribution in [3.8, 4) is 0 Å². The molecule has 0 aliphatic carbocycles. The van der Waals surface area contributed by atoms with Crippen LogP contribution in [0.2, 0.25) is 0 Å². The van der Waals surface area contributed by atoms with Crippen molar-refractivity contribution in [2.75, 3.05) is 13.7 Å². The van der Waals surface area contributed by atoms with Gasteiger partial charge in [0.05, 0.1) is 12.7 Å². The molecular weight excluding hydrogens is 202 g/mol. The second-order valence-corrected chi connectivity index (χ2v) is 6.69. The molecule has 1 spiro atoms. The average molecular weight is 227 g/mol. The van der Waals surface area contributed by atoms with E-state index in [9.17, 15) is 0 Å². The molecule has 1 unspecified atom stereocenters. The van der Waals surface area contributed by atoms with Gasteiger partial charge in [-0.15, -0.1) is 0 Å². The van der Waals surface area contributed by atoms with Gasteiger partial charge in [0.15, 0.2) is 5.79 Å². The van der Waals surface area contributed by atoms with Gasteiger partial charge in [-0.2, -0.15) is 0 Å². The standard InChI is InChI=1S/C13H25NO2/c1-10-7-15-13(16-10)8-11(2,3)14(6)12(4,5)9-13/h10H,7-9H2,1-6H3. The maximum absolute atomic E-state index is 6.06. The molecule has 0 saturated carbocycles. The van der Waals surface area contributed by atoms with Crippen LogP contribution in [0, 0.1) is 0 Å². The minimum atomic E-state index is -0.348.